The predicted molar refractivity (Wildman–Crippen MR) is 88.2 cm³/mol. The van der Waals surface area contributed by atoms with E-state index >= 15 is 0 Å². The van der Waals surface area contributed by atoms with Gasteiger partial charge in [0.15, 0.2) is 0 Å². The molecule has 0 heterocycles. The maximum absolute atomic E-state index is 12.7. The zero-order valence-corrected chi connectivity index (χ0v) is 13.7. The highest BCUT2D eigenvalue weighted by Gasteiger charge is 2.09. The van der Waals surface area contributed by atoms with Crippen LogP contribution in [0.5, 0.6) is 11.5 Å². The molecule has 0 fully saturated rings. The summed E-state index contributed by atoms with van der Waals surface area (Å²) in [6, 6.07) is 12.1. The third-order valence-electron chi connectivity index (χ3n) is 3.15. The Morgan fingerprint density at radius 1 is 1.04 bits per heavy atom. The summed E-state index contributed by atoms with van der Waals surface area (Å²) in [6.45, 7) is -0.112. The molecule has 6 nitrogen and oxygen atoms in total. The first-order valence-corrected chi connectivity index (χ1v) is 7.55. The minimum Gasteiger partial charge on any atom is -0.497 e. The van der Waals surface area contributed by atoms with Crippen molar-refractivity contribution in [2.45, 2.75) is 0 Å². The molecule has 25 heavy (non-hydrogen) atoms. The van der Waals surface area contributed by atoms with Gasteiger partial charge in [-0.1, -0.05) is 6.07 Å². The van der Waals surface area contributed by atoms with Crippen molar-refractivity contribution >= 4 is 11.9 Å². The first-order valence-electron chi connectivity index (χ1n) is 7.55. The maximum atomic E-state index is 12.7. The summed E-state index contributed by atoms with van der Waals surface area (Å²) >= 11 is 0. The maximum Gasteiger partial charge on any atom is 0.325 e. The molecule has 2 aromatic rings. The fourth-order valence-electron chi connectivity index (χ4n) is 1.92. The van der Waals surface area contributed by atoms with Gasteiger partial charge in [0.05, 0.1) is 7.11 Å². The Hall–Kier alpha value is -3.09. The number of nitrogens with one attached hydrogen (secondary N) is 1. The van der Waals surface area contributed by atoms with Crippen molar-refractivity contribution in [2.24, 2.45) is 0 Å². The van der Waals surface area contributed by atoms with Gasteiger partial charge in [-0.15, -0.1) is 0 Å². The minimum atomic E-state index is -0.584. The summed E-state index contributed by atoms with van der Waals surface area (Å²) in [4.78, 5) is 23.5. The second-order valence-corrected chi connectivity index (χ2v) is 4.94. The Morgan fingerprint density at radius 3 is 2.52 bits per heavy atom. The smallest absolute Gasteiger partial charge is 0.325 e. The number of halogens is 1. The van der Waals surface area contributed by atoms with Crippen LogP contribution in [0.15, 0.2) is 48.5 Å². The predicted octanol–water partition coefficient (Wildman–Crippen LogP) is 2.19. The molecule has 0 aliphatic heterocycles. The average Bonchev–Trinajstić information content (AvgIpc) is 2.64. The topological polar surface area (TPSA) is 73.9 Å². The van der Waals surface area contributed by atoms with Gasteiger partial charge in [-0.05, 0) is 42.5 Å². The Balaban J connectivity index is 1.66. The lowest BCUT2D eigenvalue weighted by Gasteiger charge is -2.08. The molecule has 2 aromatic carbocycles. The van der Waals surface area contributed by atoms with E-state index in [4.69, 9.17) is 14.2 Å². The van der Waals surface area contributed by atoms with Gasteiger partial charge in [0, 0.05) is 5.56 Å². The number of carbonyl (C=O) groups is 2. The highest BCUT2D eigenvalue weighted by atomic mass is 19.1. The highest BCUT2D eigenvalue weighted by molar-refractivity contribution is 5.96. The first kappa shape index (κ1) is 18.3. The lowest BCUT2D eigenvalue weighted by molar-refractivity contribution is -0.143. The van der Waals surface area contributed by atoms with Gasteiger partial charge in [-0.2, -0.15) is 0 Å². The van der Waals surface area contributed by atoms with Gasteiger partial charge in [-0.25, -0.2) is 4.39 Å². The van der Waals surface area contributed by atoms with E-state index < -0.39 is 11.9 Å². The van der Waals surface area contributed by atoms with E-state index in [0.717, 1.165) is 0 Å². The number of ether oxygens (including phenoxy) is 3. The molecule has 0 aromatic heterocycles. The van der Waals surface area contributed by atoms with Crippen LogP contribution >= 0.6 is 0 Å². The molecule has 132 valence electrons. The van der Waals surface area contributed by atoms with Crippen LogP contribution in [-0.2, 0) is 9.53 Å². The molecule has 0 aliphatic rings. The molecule has 0 bridgehead atoms. The van der Waals surface area contributed by atoms with Crippen LogP contribution in [0.25, 0.3) is 0 Å². The lowest BCUT2D eigenvalue weighted by atomic mass is 10.2. The molecule has 1 amide bonds. The standard InChI is InChI=1S/C18H18FNO5/c1-23-16-4-2-3-13(11-16)18(22)20-12-17(21)25-10-9-24-15-7-5-14(19)6-8-15/h2-8,11H,9-10,12H2,1H3,(H,20,22). The molecule has 0 unspecified atom stereocenters. The molecule has 0 spiro atoms. The molecule has 0 aliphatic carbocycles. The number of amides is 1. The zero-order chi connectivity index (χ0) is 18.1. The third kappa shape index (κ3) is 6.14. The summed E-state index contributed by atoms with van der Waals surface area (Å²) in [5.74, 6) is -0.320. The quantitative estimate of drug-likeness (QED) is 0.585. The number of hydrogen-bond donors (Lipinski definition) is 1. The molecular weight excluding hydrogens is 329 g/mol. The summed E-state index contributed by atoms with van der Waals surface area (Å²) in [7, 11) is 1.50. The molecule has 0 atom stereocenters. The van der Waals surface area contributed by atoms with Crippen LogP contribution in [0.3, 0.4) is 0 Å². The van der Waals surface area contributed by atoms with Gasteiger partial charge >= 0.3 is 5.97 Å². The second-order valence-electron chi connectivity index (χ2n) is 4.94. The summed E-state index contributed by atoms with van der Waals surface area (Å²) in [5, 5.41) is 2.46. The van der Waals surface area contributed by atoms with E-state index in [2.05, 4.69) is 5.32 Å². The normalized spacial score (nSPS) is 10.0. The van der Waals surface area contributed by atoms with Crippen molar-refractivity contribution in [3.05, 3.63) is 59.9 Å². The third-order valence-corrected chi connectivity index (χ3v) is 3.15. The molecular formula is C18H18FNO5. The Morgan fingerprint density at radius 2 is 1.80 bits per heavy atom. The van der Waals surface area contributed by atoms with Gasteiger partial charge in [0.1, 0.15) is 37.1 Å². The second kappa shape index (κ2) is 9.27. The van der Waals surface area contributed by atoms with Crippen molar-refractivity contribution in [1.82, 2.24) is 5.32 Å². The van der Waals surface area contributed by atoms with Gasteiger partial charge < -0.3 is 19.5 Å². The average molecular weight is 347 g/mol. The Kier molecular flexibility index (Phi) is 6.76. The van der Waals surface area contributed by atoms with E-state index in [-0.39, 0.29) is 25.6 Å². The van der Waals surface area contributed by atoms with Crippen molar-refractivity contribution in [3.63, 3.8) is 0 Å². The molecule has 0 radical (unpaired) electrons. The molecule has 0 saturated heterocycles. The van der Waals surface area contributed by atoms with E-state index in [1.807, 2.05) is 0 Å². The largest absolute Gasteiger partial charge is 0.497 e. The number of esters is 1. The summed E-state index contributed by atoms with van der Waals surface area (Å²) in [5.41, 5.74) is 0.381. The van der Waals surface area contributed by atoms with Crippen LogP contribution in [0.2, 0.25) is 0 Å². The lowest BCUT2D eigenvalue weighted by Crippen LogP contribution is -2.31. The van der Waals surface area contributed by atoms with Gasteiger partial charge in [0.2, 0.25) is 0 Å². The van der Waals surface area contributed by atoms with Crippen LogP contribution in [0, 0.1) is 5.82 Å². The van der Waals surface area contributed by atoms with Crippen molar-refractivity contribution in [3.8, 4) is 11.5 Å². The van der Waals surface area contributed by atoms with E-state index in [1.165, 1.54) is 31.4 Å². The minimum absolute atomic E-state index is 0.0191. The SMILES string of the molecule is COc1cccc(C(=O)NCC(=O)OCCOc2ccc(F)cc2)c1. The highest BCUT2D eigenvalue weighted by Crippen LogP contribution is 2.12. The molecule has 0 saturated carbocycles. The molecule has 1 N–H and O–H groups in total. The van der Waals surface area contributed by atoms with Gasteiger partial charge in [-0.3, -0.25) is 9.59 Å². The first-order chi connectivity index (χ1) is 12.1. The zero-order valence-electron chi connectivity index (χ0n) is 13.7. The number of rotatable bonds is 8. The van der Waals surface area contributed by atoms with Gasteiger partial charge in [0.25, 0.3) is 5.91 Å². The van der Waals surface area contributed by atoms with E-state index in [9.17, 15) is 14.0 Å². The molecule has 7 heteroatoms. The summed E-state index contributed by atoms with van der Waals surface area (Å²) < 4.78 is 28.0. The number of hydrogen-bond acceptors (Lipinski definition) is 5. The number of benzene rings is 2. The number of carbonyl (C=O) groups excluding carboxylic acids is 2. The van der Waals surface area contributed by atoms with Crippen LogP contribution < -0.4 is 14.8 Å². The monoisotopic (exact) mass is 347 g/mol. The van der Waals surface area contributed by atoms with Crippen LogP contribution in [-0.4, -0.2) is 38.7 Å². The van der Waals surface area contributed by atoms with Crippen LogP contribution in [0.4, 0.5) is 4.39 Å². The fourth-order valence-corrected chi connectivity index (χ4v) is 1.92. The fraction of sp³-hybridized carbons (Fsp3) is 0.222. The van der Waals surface area contributed by atoms with Crippen LogP contribution in [0.1, 0.15) is 10.4 Å². The summed E-state index contributed by atoms with van der Waals surface area (Å²) in [6.07, 6.45) is 0. The van der Waals surface area contributed by atoms with Crippen molar-refractivity contribution in [2.75, 3.05) is 26.9 Å². The van der Waals surface area contributed by atoms with Crippen molar-refractivity contribution in [1.29, 1.82) is 0 Å². The Labute approximate surface area is 144 Å². The number of methoxy groups -OCH3 is 1. The van der Waals surface area contributed by atoms with E-state index in [0.29, 0.717) is 17.1 Å². The van der Waals surface area contributed by atoms with E-state index in [1.54, 1.807) is 24.3 Å². The Bertz CT molecular complexity index is 718. The molecule has 2 rings (SSSR count). The van der Waals surface area contributed by atoms with Crippen molar-refractivity contribution < 1.29 is 28.2 Å².